The molecular weight excluding hydrogens is 334 g/mol. The largest absolute Gasteiger partial charge is 0.496 e. The third kappa shape index (κ3) is 3.44. The Morgan fingerprint density at radius 2 is 1.92 bits per heavy atom. The first-order valence-electron chi connectivity index (χ1n) is 8.26. The van der Waals surface area contributed by atoms with Gasteiger partial charge in [-0.25, -0.2) is 0 Å². The normalized spacial score (nSPS) is 12.8. The zero-order chi connectivity index (χ0) is 18.7. The third-order valence-corrected chi connectivity index (χ3v) is 4.03. The number of allylic oxidation sites excluding steroid dienone is 1. The van der Waals surface area contributed by atoms with Crippen LogP contribution in [-0.4, -0.2) is 26.3 Å². The first kappa shape index (κ1) is 17.7. The molecule has 0 bridgehead atoms. The number of anilines is 1. The Balaban J connectivity index is 1.93. The molecule has 0 aliphatic carbocycles. The highest BCUT2D eigenvalue weighted by Gasteiger charge is 2.18. The Hall–Kier alpha value is -3.15. The van der Waals surface area contributed by atoms with Crippen LogP contribution in [0.1, 0.15) is 29.8 Å². The Bertz CT molecular complexity index is 873. The monoisotopic (exact) mass is 355 g/mol. The number of fused-ring (bicyclic) bond motifs is 1. The standard InChI is InChI=1S/C20H21NO5/c1-4-24-17-8-13(5-6-15(17)21)20(22)12(2)7-14-9-18-19(26-11-25-18)10-16(14)23-3/h5-10H,4,11,21H2,1-3H3/b12-7+. The van der Waals surface area contributed by atoms with Gasteiger partial charge in [0.2, 0.25) is 6.79 Å². The van der Waals surface area contributed by atoms with Crippen LogP contribution in [0.4, 0.5) is 5.69 Å². The maximum absolute atomic E-state index is 12.8. The van der Waals surface area contributed by atoms with Crippen LogP contribution in [0.2, 0.25) is 0 Å². The van der Waals surface area contributed by atoms with Crippen molar-refractivity contribution in [2.75, 3.05) is 26.2 Å². The van der Waals surface area contributed by atoms with E-state index in [1.807, 2.05) is 6.92 Å². The second-order valence-electron chi connectivity index (χ2n) is 5.79. The molecule has 0 unspecified atom stereocenters. The van der Waals surface area contributed by atoms with Crippen LogP contribution in [0.15, 0.2) is 35.9 Å². The van der Waals surface area contributed by atoms with Crippen molar-refractivity contribution in [1.29, 1.82) is 0 Å². The first-order valence-corrected chi connectivity index (χ1v) is 8.26. The van der Waals surface area contributed by atoms with Gasteiger partial charge in [0.15, 0.2) is 17.3 Å². The molecule has 136 valence electrons. The summed E-state index contributed by atoms with van der Waals surface area (Å²) in [4.78, 5) is 12.8. The molecule has 0 aromatic heterocycles. The molecule has 0 atom stereocenters. The van der Waals surface area contributed by atoms with Gasteiger partial charge in [0.1, 0.15) is 11.5 Å². The van der Waals surface area contributed by atoms with E-state index in [2.05, 4.69) is 0 Å². The van der Waals surface area contributed by atoms with E-state index >= 15 is 0 Å². The van der Waals surface area contributed by atoms with Crippen molar-refractivity contribution in [3.63, 3.8) is 0 Å². The van der Waals surface area contributed by atoms with E-state index in [-0.39, 0.29) is 12.6 Å². The number of methoxy groups -OCH3 is 1. The predicted octanol–water partition coefficient (Wildman–Crippen LogP) is 3.69. The SMILES string of the molecule is CCOc1cc(C(=O)/C(C)=C/c2cc3c(cc2OC)OCO3)ccc1N. The Morgan fingerprint density at radius 1 is 1.19 bits per heavy atom. The Labute approximate surface area is 152 Å². The van der Waals surface area contributed by atoms with E-state index in [4.69, 9.17) is 24.7 Å². The summed E-state index contributed by atoms with van der Waals surface area (Å²) < 4.78 is 21.6. The van der Waals surface area contributed by atoms with E-state index in [1.54, 1.807) is 50.4 Å². The van der Waals surface area contributed by atoms with Gasteiger partial charge in [-0.05, 0) is 49.8 Å². The number of Topliss-reactive ketones (excluding diaryl/α,β-unsaturated/α-hetero) is 1. The quantitative estimate of drug-likeness (QED) is 0.484. The lowest BCUT2D eigenvalue weighted by Gasteiger charge is -2.10. The van der Waals surface area contributed by atoms with Gasteiger partial charge in [-0.15, -0.1) is 0 Å². The van der Waals surface area contributed by atoms with E-state index in [9.17, 15) is 4.79 Å². The summed E-state index contributed by atoms with van der Waals surface area (Å²) in [6.07, 6.45) is 1.76. The van der Waals surface area contributed by atoms with Gasteiger partial charge in [-0.2, -0.15) is 0 Å². The van der Waals surface area contributed by atoms with E-state index < -0.39 is 0 Å². The number of hydrogen-bond acceptors (Lipinski definition) is 6. The number of carbonyl (C=O) groups is 1. The molecule has 0 radical (unpaired) electrons. The van der Waals surface area contributed by atoms with E-state index in [1.165, 1.54) is 0 Å². The van der Waals surface area contributed by atoms with Crippen LogP contribution in [0.3, 0.4) is 0 Å². The van der Waals surface area contributed by atoms with Gasteiger partial charge in [0.25, 0.3) is 0 Å². The number of nitrogen functional groups attached to an aromatic ring is 1. The van der Waals surface area contributed by atoms with Crippen LogP contribution in [0.5, 0.6) is 23.0 Å². The highest BCUT2D eigenvalue weighted by molar-refractivity contribution is 6.11. The van der Waals surface area contributed by atoms with Gasteiger partial charge < -0.3 is 24.7 Å². The maximum atomic E-state index is 12.8. The van der Waals surface area contributed by atoms with Crippen molar-refractivity contribution in [2.45, 2.75) is 13.8 Å². The Kier molecular flexibility index (Phi) is 5.02. The number of hydrogen-bond donors (Lipinski definition) is 1. The lowest BCUT2D eigenvalue weighted by Crippen LogP contribution is -2.04. The third-order valence-electron chi connectivity index (χ3n) is 4.03. The molecule has 0 amide bonds. The molecule has 0 saturated heterocycles. The van der Waals surface area contributed by atoms with Crippen molar-refractivity contribution in [3.05, 3.63) is 47.0 Å². The predicted molar refractivity (Wildman–Crippen MR) is 99.1 cm³/mol. The van der Waals surface area contributed by atoms with Crippen LogP contribution in [0.25, 0.3) is 6.08 Å². The fourth-order valence-corrected chi connectivity index (χ4v) is 2.71. The molecule has 2 N–H and O–H groups in total. The molecule has 6 heteroatoms. The average Bonchev–Trinajstić information content (AvgIpc) is 3.09. The second-order valence-corrected chi connectivity index (χ2v) is 5.79. The minimum Gasteiger partial charge on any atom is -0.496 e. The number of rotatable bonds is 6. The lowest BCUT2D eigenvalue weighted by molar-refractivity contribution is 0.103. The summed E-state index contributed by atoms with van der Waals surface area (Å²) in [5, 5.41) is 0. The maximum Gasteiger partial charge on any atom is 0.231 e. The van der Waals surface area contributed by atoms with Crippen molar-refractivity contribution in [2.24, 2.45) is 0 Å². The smallest absolute Gasteiger partial charge is 0.231 e. The van der Waals surface area contributed by atoms with Crippen molar-refractivity contribution >= 4 is 17.5 Å². The minimum absolute atomic E-state index is 0.120. The summed E-state index contributed by atoms with van der Waals surface area (Å²) >= 11 is 0. The fourth-order valence-electron chi connectivity index (χ4n) is 2.71. The number of ether oxygens (including phenoxy) is 4. The van der Waals surface area contributed by atoms with Crippen molar-refractivity contribution < 1.29 is 23.7 Å². The minimum atomic E-state index is -0.120. The van der Waals surface area contributed by atoms with Gasteiger partial charge in [0.05, 0.1) is 19.4 Å². The van der Waals surface area contributed by atoms with Crippen LogP contribution >= 0.6 is 0 Å². The molecule has 1 aliphatic rings. The summed E-state index contributed by atoms with van der Waals surface area (Å²) in [5.74, 6) is 2.25. The Morgan fingerprint density at radius 3 is 2.62 bits per heavy atom. The molecule has 2 aromatic rings. The molecule has 0 fully saturated rings. The summed E-state index contributed by atoms with van der Waals surface area (Å²) in [6.45, 7) is 4.27. The second kappa shape index (κ2) is 7.39. The van der Waals surface area contributed by atoms with Gasteiger partial charge in [0, 0.05) is 17.2 Å². The summed E-state index contributed by atoms with van der Waals surface area (Å²) in [5.41, 5.74) is 8.17. The zero-order valence-electron chi connectivity index (χ0n) is 15.0. The molecule has 26 heavy (non-hydrogen) atoms. The van der Waals surface area contributed by atoms with Crippen LogP contribution in [-0.2, 0) is 0 Å². The number of carbonyl (C=O) groups excluding carboxylic acids is 1. The van der Waals surface area contributed by atoms with Crippen LogP contribution < -0.4 is 24.7 Å². The van der Waals surface area contributed by atoms with Crippen molar-refractivity contribution in [1.82, 2.24) is 0 Å². The fraction of sp³-hybridized carbons (Fsp3) is 0.250. The first-order chi connectivity index (χ1) is 12.5. The molecule has 6 nitrogen and oxygen atoms in total. The molecule has 3 rings (SSSR count). The lowest BCUT2D eigenvalue weighted by atomic mass is 10.0. The van der Waals surface area contributed by atoms with E-state index in [0.29, 0.717) is 46.4 Å². The highest BCUT2D eigenvalue weighted by Crippen LogP contribution is 2.39. The average molecular weight is 355 g/mol. The van der Waals surface area contributed by atoms with Crippen LogP contribution in [0, 0.1) is 0 Å². The number of benzene rings is 2. The molecule has 0 spiro atoms. The molecule has 1 heterocycles. The summed E-state index contributed by atoms with van der Waals surface area (Å²) in [7, 11) is 1.57. The number of nitrogens with two attached hydrogens (primary N) is 1. The van der Waals surface area contributed by atoms with E-state index in [0.717, 1.165) is 5.56 Å². The van der Waals surface area contributed by atoms with Gasteiger partial charge in [-0.3, -0.25) is 4.79 Å². The van der Waals surface area contributed by atoms with Crippen molar-refractivity contribution in [3.8, 4) is 23.0 Å². The van der Waals surface area contributed by atoms with Gasteiger partial charge in [-0.1, -0.05) is 0 Å². The molecule has 1 aliphatic heterocycles. The molecular formula is C20H21NO5. The molecule has 0 saturated carbocycles. The van der Waals surface area contributed by atoms with Gasteiger partial charge >= 0.3 is 0 Å². The molecule has 2 aromatic carbocycles. The topological polar surface area (TPSA) is 80.0 Å². The summed E-state index contributed by atoms with van der Waals surface area (Å²) in [6, 6.07) is 8.57. The highest BCUT2D eigenvalue weighted by atomic mass is 16.7. The number of ketones is 1. The zero-order valence-corrected chi connectivity index (χ0v) is 15.0.